The maximum absolute atomic E-state index is 13.4. The van der Waals surface area contributed by atoms with Gasteiger partial charge >= 0.3 is 0 Å². The average Bonchev–Trinajstić information content (AvgIpc) is 3.51. The molecule has 0 saturated heterocycles. The predicted molar refractivity (Wildman–Crippen MR) is 155 cm³/mol. The molecule has 0 bridgehead atoms. The van der Waals surface area contributed by atoms with Gasteiger partial charge in [-0.1, -0.05) is 6.07 Å². The lowest BCUT2D eigenvalue weighted by molar-refractivity contribution is 0.0947. The van der Waals surface area contributed by atoms with Gasteiger partial charge in [0.1, 0.15) is 23.9 Å². The van der Waals surface area contributed by atoms with Gasteiger partial charge in [0.15, 0.2) is 0 Å². The van der Waals surface area contributed by atoms with Gasteiger partial charge in [0.05, 0.1) is 42.5 Å². The Hall–Kier alpha value is -5.03. The van der Waals surface area contributed by atoms with Crippen molar-refractivity contribution in [2.24, 2.45) is 0 Å². The Morgan fingerprint density at radius 3 is 2.20 bits per heavy atom. The second-order valence-electron chi connectivity index (χ2n) is 8.39. The Morgan fingerprint density at radius 2 is 1.50 bits per heavy atom. The van der Waals surface area contributed by atoms with Crippen LogP contribution in [-0.4, -0.2) is 45.1 Å². The van der Waals surface area contributed by atoms with Gasteiger partial charge in [0, 0.05) is 17.4 Å². The van der Waals surface area contributed by atoms with Crippen LogP contribution < -0.4 is 35.9 Å². The van der Waals surface area contributed by atoms with Gasteiger partial charge in [-0.3, -0.25) is 14.4 Å². The summed E-state index contributed by atoms with van der Waals surface area (Å²) in [7, 11) is 3.06. The van der Waals surface area contributed by atoms with Crippen LogP contribution in [0.3, 0.4) is 0 Å². The predicted octanol–water partition coefficient (Wildman–Crippen LogP) is 4.66. The second-order valence-corrected chi connectivity index (χ2v) is 9.33. The fourth-order valence-corrected chi connectivity index (χ4v) is 4.32. The molecule has 0 unspecified atom stereocenters. The van der Waals surface area contributed by atoms with E-state index in [9.17, 15) is 14.4 Å². The molecular formula is C29H28N4O6S. The van der Waals surface area contributed by atoms with Gasteiger partial charge in [-0.15, -0.1) is 11.3 Å². The second kappa shape index (κ2) is 13.2. The molecule has 0 aliphatic heterocycles. The Labute approximate surface area is 235 Å². The highest BCUT2D eigenvalue weighted by atomic mass is 32.1. The first-order chi connectivity index (χ1) is 19.4. The number of nitrogens with one attached hydrogen (secondary N) is 3. The molecule has 0 fully saturated rings. The van der Waals surface area contributed by atoms with E-state index in [0.29, 0.717) is 27.8 Å². The van der Waals surface area contributed by atoms with Crippen LogP contribution in [0.15, 0.2) is 78.2 Å². The molecule has 10 nitrogen and oxygen atoms in total. The van der Waals surface area contributed by atoms with Crippen molar-refractivity contribution in [3.05, 3.63) is 94.2 Å². The fraction of sp³-hybridized carbons (Fsp3) is 0.138. The Bertz CT molecular complexity index is 1490. The van der Waals surface area contributed by atoms with Crippen molar-refractivity contribution in [1.82, 2.24) is 5.32 Å². The molecule has 0 radical (unpaired) electrons. The summed E-state index contributed by atoms with van der Waals surface area (Å²) in [6.07, 6.45) is 0. The summed E-state index contributed by atoms with van der Waals surface area (Å²) in [5, 5.41) is 10.2. The van der Waals surface area contributed by atoms with Crippen molar-refractivity contribution < 1.29 is 28.6 Å². The van der Waals surface area contributed by atoms with Crippen molar-refractivity contribution in [2.45, 2.75) is 0 Å². The number of carbonyl (C=O) groups is 3. The number of rotatable bonds is 11. The summed E-state index contributed by atoms with van der Waals surface area (Å²) < 4.78 is 16.3. The molecule has 5 N–H and O–H groups in total. The zero-order chi connectivity index (χ0) is 28.5. The number of hydrogen-bond donors (Lipinski definition) is 4. The molecule has 4 rings (SSSR count). The Balaban J connectivity index is 1.48. The first-order valence-electron chi connectivity index (χ1n) is 12.2. The number of ether oxygens (including phenoxy) is 3. The lowest BCUT2D eigenvalue weighted by Gasteiger charge is -2.15. The molecule has 4 aromatic rings. The summed E-state index contributed by atoms with van der Waals surface area (Å²) in [4.78, 5) is 39.2. The standard InChI is InChI=1S/C29H28N4O6S/c1-37-20-8-6-19(7-9-20)32-27(34)22-11-5-18(30)16-24(22)33-28(35)23-12-10-21(38-2)17-25(23)39-14-13-31-29(36)26-4-3-15-40-26/h3-12,15-17H,13-14,30H2,1-2H3,(H,31,36)(H,32,34)(H,33,35). The van der Waals surface area contributed by atoms with E-state index in [1.807, 2.05) is 5.38 Å². The van der Waals surface area contributed by atoms with Crippen LogP contribution in [-0.2, 0) is 0 Å². The van der Waals surface area contributed by atoms with Crippen LogP contribution in [0.25, 0.3) is 0 Å². The SMILES string of the molecule is COc1ccc(NC(=O)c2ccc(N)cc2NC(=O)c2ccc(OC)cc2OCCNC(=O)c2cccs2)cc1. The molecule has 3 aromatic carbocycles. The van der Waals surface area contributed by atoms with E-state index in [-0.39, 0.29) is 41.6 Å². The number of benzene rings is 3. The molecule has 11 heteroatoms. The van der Waals surface area contributed by atoms with Crippen LogP contribution in [0.1, 0.15) is 30.4 Å². The quantitative estimate of drug-likeness (QED) is 0.154. The first kappa shape index (κ1) is 28.0. The van der Waals surface area contributed by atoms with Crippen LogP contribution in [0.2, 0.25) is 0 Å². The van der Waals surface area contributed by atoms with Crippen molar-refractivity contribution in [1.29, 1.82) is 0 Å². The maximum atomic E-state index is 13.4. The lowest BCUT2D eigenvalue weighted by Crippen LogP contribution is -2.27. The van der Waals surface area contributed by atoms with Crippen molar-refractivity contribution in [3.8, 4) is 17.2 Å². The van der Waals surface area contributed by atoms with Crippen molar-refractivity contribution in [2.75, 3.05) is 43.7 Å². The molecule has 0 aliphatic rings. The highest BCUT2D eigenvalue weighted by Crippen LogP contribution is 2.28. The summed E-state index contributed by atoms with van der Waals surface area (Å²) in [6, 6.07) is 19.7. The molecule has 0 aliphatic carbocycles. The van der Waals surface area contributed by atoms with Crippen LogP contribution in [0.5, 0.6) is 17.2 Å². The van der Waals surface area contributed by atoms with Gasteiger partial charge in [-0.25, -0.2) is 0 Å². The van der Waals surface area contributed by atoms with Crippen LogP contribution in [0.4, 0.5) is 17.1 Å². The van der Waals surface area contributed by atoms with Crippen molar-refractivity contribution in [3.63, 3.8) is 0 Å². The summed E-state index contributed by atoms with van der Waals surface area (Å²) >= 11 is 1.34. The van der Waals surface area contributed by atoms with Gasteiger partial charge < -0.3 is 35.9 Å². The topological polar surface area (TPSA) is 141 Å². The smallest absolute Gasteiger partial charge is 0.261 e. The van der Waals surface area contributed by atoms with E-state index in [4.69, 9.17) is 19.9 Å². The monoisotopic (exact) mass is 560 g/mol. The number of nitrogens with two attached hydrogens (primary N) is 1. The largest absolute Gasteiger partial charge is 0.497 e. The zero-order valence-electron chi connectivity index (χ0n) is 21.9. The number of hydrogen-bond acceptors (Lipinski definition) is 8. The molecule has 206 valence electrons. The van der Waals surface area contributed by atoms with Gasteiger partial charge in [0.25, 0.3) is 17.7 Å². The zero-order valence-corrected chi connectivity index (χ0v) is 22.7. The molecule has 40 heavy (non-hydrogen) atoms. The molecule has 3 amide bonds. The van der Waals surface area contributed by atoms with E-state index < -0.39 is 11.8 Å². The summed E-state index contributed by atoms with van der Waals surface area (Å²) in [5.74, 6) is 0.218. The summed E-state index contributed by atoms with van der Waals surface area (Å²) in [6.45, 7) is 0.332. The number of nitrogen functional groups attached to an aromatic ring is 1. The molecular weight excluding hydrogens is 532 g/mol. The number of amides is 3. The average molecular weight is 561 g/mol. The van der Waals surface area contributed by atoms with Gasteiger partial charge in [-0.2, -0.15) is 0 Å². The number of thiophene rings is 1. The molecule has 1 heterocycles. The van der Waals surface area contributed by atoms with Crippen LogP contribution in [0, 0.1) is 0 Å². The van der Waals surface area contributed by atoms with Gasteiger partial charge in [0.2, 0.25) is 0 Å². The third kappa shape index (κ3) is 7.08. The highest BCUT2D eigenvalue weighted by molar-refractivity contribution is 7.12. The van der Waals surface area contributed by atoms with E-state index in [0.717, 1.165) is 0 Å². The number of carbonyl (C=O) groups excluding carboxylic acids is 3. The molecule has 0 atom stereocenters. The van der Waals surface area contributed by atoms with Crippen molar-refractivity contribution >= 4 is 46.1 Å². The lowest BCUT2D eigenvalue weighted by atomic mass is 10.1. The molecule has 0 spiro atoms. The van der Waals surface area contributed by atoms with Crippen LogP contribution >= 0.6 is 11.3 Å². The minimum Gasteiger partial charge on any atom is -0.497 e. The maximum Gasteiger partial charge on any atom is 0.261 e. The Morgan fingerprint density at radius 1 is 0.800 bits per heavy atom. The third-order valence-corrected chi connectivity index (χ3v) is 6.58. The minimum atomic E-state index is -0.524. The number of methoxy groups -OCH3 is 2. The fourth-order valence-electron chi connectivity index (χ4n) is 3.68. The number of anilines is 3. The highest BCUT2D eigenvalue weighted by Gasteiger charge is 2.19. The van der Waals surface area contributed by atoms with E-state index in [1.165, 1.54) is 30.6 Å². The van der Waals surface area contributed by atoms with E-state index in [2.05, 4.69) is 16.0 Å². The van der Waals surface area contributed by atoms with E-state index >= 15 is 0 Å². The van der Waals surface area contributed by atoms with Gasteiger partial charge in [-0.05, 0) is 66.0 Å². The summed E-state index contributed by atoms with van der Waals surface area (Å²) in [5.41, 5.74) is 7.52. The normalized spacial score (nSPS) is 10.3. The minimum absolute atomic E-state index is 0.109. The third-order valence-electron chi connectivity index (χ3n) is 5.71. The molecule has 0 saturated carbocycles. The first-order valence-corrected chi connectivity index (χ1v) is 13.0. The molecule has 1 aromatic heterocycles. The Kier molecular flexibility index (Phi) is 9.21. The van der Waals surface area contributed by atoms with E-state index in [1.54, 1.807) is 67.8 Å².